The van der Waals surface area contributed by atoms with Gasteiger partial charge in [0.05, 0.1) is 17.9 Å². The number of sulfonamides is 1. The van der Waals surface area contributed by atoms with Crippen LogP contribution in [0.3, 0.4) is 0 Å². The Morgan fingerprint density at radius 2 is 1.88 bits per heavy atom. The van der Waals surface area contributed by atoms with Gasteiger partial charge in [0, 0.05) is 32.5 Å². The van der Waals surface area contributed by atoms with Crippen LogP contribution >= 0.6 is 0 Å². The third-order valence-electron chi connectivity index (χ3n) is 6.06. The van der Waals surface area contributed by atoms with E-state index in [0.29, 0.717) is 31.0 Å². The number of piperidine rings is 1. The summed E-state index contributed by atoms with van der Waals surface area (Å²) in [7, 11) is -0.392. The Morgan fingerprint density at radius 3 is 2.50 bits per heavy atom. The van der Waals surface area contributed by atoms with E-state index in [1.165, 1.54) is 16.4 Å². The van der Waals surface area contributed by atoms with E-state index < -0.39 is 27.8 Å². The smallest absolute Gasteiger partial charge is 0.243 e. The highest BCUT2D eigenvalue weighted by Gasteiger charge is 2.34. The van der Waals surface area contributed by atoms with Crippen LogP contribution in [0.5, 0.6) is 5.75 Å². The average molecular weight is 487 g/mol. The fraction of sp³-hybridized carbons (Fsp3) is 0.333. The molecule has 2 aromatic carbocycles. The van der Waals surface area contributed by atoms with Crippen molar-refractivity contribution in [2.75, 3.05) is 20.2 Å². The van der Waals surface area contributed by atoms with E-state index in [1.807, 2.05) is 35.9 Å². The zero-order valence-electron chi connectivity index (χ0n) is 19.0. The molecule has 180 valence electrons. The molecule has 1 aliphatic rings. The molecule has 1 aliphatic heterocycles. The number of carbonyl (C=O) groups excluding carboxylic acids is 1. The molecule has 1 aromatic heterocycles. The number of nitrogens with zero attached hydrogens (tertiary/aromatic N) is 3. The minimum atomic E-state index is -3.83. The van der Waals surface area contributed by atoms with E-state index in [9.17, 15) is 17.6 Å². The Hall–Kier alpha value is -3.24. The Bertz CT molecular complexity index is 1240. The molecule has 0 spiro atoms. The summed E-state index contributed by atoms with van der Waals surface area (Å²) in [6, 6.07) is 11.6. The van der Waals surface area contributed by atoms with Crippen molar-refractivity contribution in [3.05, 3.63) is 78.1 Å². The number of aryl methyl sites for hydroxylation is 1. The second kappa shape index (κ2) is 9.94. The molecule has 0 unspecified atom stereocenters. The number of carbonyl (C=O) groups is 1. The maximum atomic E-state index is 13.3. The second-order valence-corrected chi connectivity index (χ2v) is 10.2. The Kier molecular flexibility index (Phi) is 6.99. The van der Waals surface area contributed by atoms with Gasteiger partial charge >= 0.3 is 0 Å². The highest BCUT2D eigenvalue weighted by Crippen LogP contribution is 2.27. The maximum Gasteiger partial charge on any atom is 0.243 e. The average Bonchev–Trinajstić information content (AvgIpc) is 3.28. The summed E-state index contributed by atoms with van der Waals surface area (Å²) in [6.07, 6.45) is 4.58. The van der Waals surface area contributed by atoms with Gasteiger partial charge in [0.1, 0.15) is 23.4 Å². The molecule has 8 nitrogen and oxygen atoms in total. The molecule has 0 saturated carbocycles. The van der Waals surface area contributed by atoms with E-state index in [1.54, 1.807) is 19.5 Å². The number of imidazole rings is 1. The van der Waals surface area contributed by atoms with Crippen molar-refractivity contribution in [3.63, 3.8) is 0 Å². The molecule has 2 atom stereocenters. The van der Waals surface area contributed by atoms with Crippen molar-refractivity contribution >= 4 is 15.9 Å². The Balaban J connectivity index is 1.54. The van der Waals surface area contributed by atoms with Crippen molar-refractivity contribution in [2.24, 2.45) is 13.0 Å². The number of nitrogens with one attached hydrogen (secondary N) is 1. The molecule has 0 radical (unpaired) electrons. The van der Waals surface area contributed by atoms with Gasteiger partial charge in [-0.15, -0.1) is 0 Å². The molecule has 10 heteroatoms. The first-order valence-electron chi connectivity index (χ1n) is 11.0. The molecule has 34 heavy (non-hydrogen) atoms. The fourth-order valence-electron chi connectivity index (χ4n) is 4.14. The number of hydrogen-bond donors (Lipinski definition) is 1. The predicted molar refractivity (Wildman–Crippen MR) is 124 cm³/mol. The number of ether oxygens (including phenoxy) is 1. The van der Waals surface area contributed by atoms with E-state index in [2.05, 4.69) is 10.3 Å². The molecule has 1 N–H and O–H groups in total. The molecule has 1 saturated heterocycles. The van der Waals surface area contributed by atoms with E-state index in [0.717, 1.165) is 17.7 Å². The number of methoxy groups -OCH3 is 1. The van der Waals surface area contributed by atoms with Gasteiger partial charge in [-0.2, -0.15) is 4.31 Å². The molecule has 1 fully saturated rings. The molecule has 3 aromatic rings. The molecule has 2 heterocycles. The van der Waals surface area contributed by atoms with E-state index in [-0.39, 0.29) is 17.3 Å². The van der Waals surface area contributed by atoms with Crippen LogP contribution in [0.25, 0.3) is 0 Å². The summed E-state index contributed by atoms with van der Waals surface area (Å²) in [5.74, 6) is 0.0780. The van der Waals surface area contributed by atoms with Crippen molar-refractivity contribution < 1.29 is 22.3 Å². The summed E-state index contributed by atoms with van der Waals surface area (Å²) in [5.41, 5.74) is 0.829. The van der Waals surface area contributed by atoms with Gasteiger partial charge in [0.25, 0.3) is 0 Å². The van der Waals surface area contributed by atoms with Gasteiger partial charge in [-0.05, 0) is 54.8 Å². The largest absolute Gasteiger partial charge is 0.497 e. The van der Waals surface area contributed by atoms with Gasteiger partial charge in [0.15, 0.2) is 0 Å². The highest BCUT2D eigenvalue weighted by molar-refractivity contribution is 7.89. The number of hydrogen-bond acceptors (Lipinski definition) is 5. The van der Waals surface area contributed by atoms with Crippen LogP contribution in [0, 0.1) is 11.7 Å². The van der Waals surface area contributed by atoms with Crippen LogP contribution in [-0.2, 0) is 21.9 Å². The monoisotopic (exact) mass is 486 g/mol. The van der Waals surface area contributed by atoms with Crippen LogP contribution in [0.2, 0.25) is 0 Å². The van der Waals surface area contributed by atoms with Crippen LogP contribution in [0.4, 0.5) is 4.39 Å². The quantitative estimate of drug-likeness (QED) is 0.554. The van der Waals surface area contributed by atoms with Crippen molar-refractivity contribution in [1.29, 1.82) is 0 Å². The van der Waals surface area contributed by atoms with Gasteiger partial charge in [-0.3, -0.25) is 4.79 Å². The number of rotatable bonds is 7. The maximum absolute atomic E-state index is 13.3. The second-order valence-electron chi connectivity index (χ2n) is 8.27. The molecule has 4 rings (SSSR count). The number of aromatic nitrogens is 2. The Labute approximate surface area is 198 Å². The van der Waals surface area contributed by atoms with Crippen molar-refractivity contribution in [1.82, 2.24) is 19.2 Å². The van der Waals surface area contributed by atoms with Crippen molar-refractivity contribution in [3.8, 4) is 5.75 Å². The minimum absolute atomic E-state index is 0.0130. The Morgan fingerprint density at radius 1 is 1.18 bits per heavy atom. The van der Waals surface area contributed by atoms with Gasteiger partial charge < -0.3 is 14.6 Å². The normalized spacial score (nSPS) is 17.8. The number of benzene rings is 2. The van der Waals surface area contributed by atoms with E-state index in [4.69, 9.17) is 4.74 Å². The molecular weight excluding hydrogens is 459 g/mol. The fourth-order valence-corrected chi connectivity index (χ4v) is 5.66. The first kappa shape index (κ1) is 23.9. The summed E-state index contributed by atoms with van der Waals surface area (Å²) in [5, 5.41) is 3.07. The van der Waals surface area contributed by atoms with Gasteiger partial charge in [0.2, 0.25) is 15.9 Å². The molecule has 0 bridgehead atoms. The van der Waals surface area contributed by atoms with Gasteiger partial charge in [-0.25, -0.2) is 17.8 Å². The van der Waals surface area contributed by atoms with Crippen LogP contribution in [-0.4, -0.2) is 48.4 Å². The molecule has 0 aliphatic carbocycles. The van der Waals surface area contributed by atoms with Crippen LogP contribution in [0.1, 0.15) is 30.3 Å². The molecular formula is C24H27FN4O4S. The lowest BCUT2D eigenvalue weighted by atomic mass is 9.97. The first-order valence-corrected chi connectivity index (χ1v) is 12.4. The third-order valence-corrected chi connectivity index (χ3v) is 7.94. The highest BCUT2D eigenvalue weighted by atomic mass is 32.2. The first-order chi connectivity index (χ1) is 16.3. The zero-order chi connectivity index (χ0) is 24.3. The van der Waals surface area contributed by atoms with Gasteiger partial charge in [-0.1, -0.05) is 12.1 Å². The summed E-state index contributed by atoms with van der Waals surface area (Å²) in [4.78, 5) is 17.7. The SMILES string of the molecule is COc1ccc([C@@H](NC(=O)[C@@H]2CCCN(S(=O)(=O)c3ccc(F)cc3)C2)c2nccn2C)cc1. The molecule has 1 amide bonds. The number of halogens is 1. The van der Waals surface area contributed by atoms with Crippen LogP contribution in [0.15, 0.2) is 65.8 Å². The lowest BCUT2D eigenvalue weighted by Crippen LogP contribution is -2.46. The minimum Gasteiger partial charge on any atom is -0.497 e. The third kappa shape index (κ3) is 4.97. The summed E-state index contributed by atoms with van der Waals surface area (Å²) < 4.78 is 47.7. The van der Waals surface area contributed by atoms with Crippen LogP contribution < -0.4 is 10.1 Å². The summed E-state index contributed by atoms with van der Waals surface area (Å²) >= 11 is 0. The lowest BCUT2D eigenvalue weighted by molar-refractivity contribution is -0.126. The zero-order valence-corrected chi connectivity index (χ0v) is 19.8. The lowest BCUT2D eigenvalue weighted by Gasteiger charge is -2.32. The van der Waals surface area contributed by atoms with E-state index >= 15 is 0 Å². The number of amides is 1. The topological polar surface area (TPSA) is 93.5 Å². The predicted octanol–water partition coefficient (Wildman–Crippen LogP) is 2.87. The van der Waals surface area contributed by atoms with Crippen molar-refractivity contribution in [2.45, 2.75) is 23.8 Å². The standard InChI is InChI=1S/C24H27FN4O4S/c1-28-15-13-26-23(28)22(17-5-9-20(33-2)10-6-17)27-24(30)18-4-3-14-29(16-18)34(31,32)21-11-7-19(25)8-12-21/h5-13,15,18,22H,3-4,14,16H2,1-2H3,(H,27,30)/t18-,22-/m1/s1. The summed E-state index contributed by atoms with van der Waals surface area (Å²) in [6.45, 7) is 0.367.